The first-order valence-corrected chi connectivity index (χ1v) is 9.85. The van der Waals surface area contributed by atoms with E-state index in [-0.39, 0.29) is 5.92 Å². The van der Waals surface area contributed by atoms with Crippen LogP contribution in [0.2, 0.25) is 0 Å². The molecule has 0 aliphatic heterocycles. The van der Waals surface area contributed by atoms with E-state index in [1.165, 1.54) is 41.5 Å². The first-order valence-electron chi connectivity index (χ1n) is 9.85. The highest BCUT2D eigenvalue weighted by molar-refractivity contribution is 5.69. The number of nitrogen functional groups attached to an aromatic ring is 2. The molecule has 3 atom stereocenters. The van der Waals surface area contributed by atoms with Crippen molar-refractivity contribution >= 4 is 11.4 Å². The molecule has 0 heterocycles. The van der Waals surface area contributed by atoms with E-state index in [0.29, 0.717) is 17.3 Å². The Hall–Kier alpha value is -2.22. The van der Waals surface area contributed by atoms with Crippen molar-refractivity contribution in [2.24, 2.45) is 5.92 Å². The van der Waals surface area contributed by atoms with Crippen molar-refractivity contribution in [3.8, 4) is 0 Å². The highest BCUT2D eigenvalue weighted by atomic mass is 14.7. The molecular weight excluding hydrogens is 316 g/mol. The summed E-state index contributed by atoms with van der Waals surface area (Å²) in [5, 5.41) is 0. The maximum absolute atomic E-state index is 6.21. The molecule has 1 aliphatic carbocycles. The van der Waals surface area contributed by atoms with Crippen molar-refractivity contribution in [3.05, 3.63) is 70.8 Å². The molecule has 4 N–H and O–H groups in total. The lowest BCUT2D eigenvalue weighted by Gasteiger charge is -2.22. The van der Waals surface area contributed by atoms with Crippen LogP contribution in [0.15, 0.2) is 43.0 Å². The maximum Gasteiger partial charge on any atom is 0.0580 e. The third kappa shape index (κ3) is 3.25. The summed E-state index contributed by atoms with van der Waals surface area (Å²) in [6.45, 7) is 10.7. The topological polar surface area (TPSA) is 52.0 Å². The second kappa shape index (κ2) is 7.57. The zero-order chi connectivity index (χ0) is 18.8. The number of hydrogen-bond donors (Lipinski definition) is 2. The van der Waals surface area contributed by atoms with E-state index in [9.17, 15) is 0 Å². The number of benzene rings is 2. The van der Waals surface area contributed by atoms with Crippen molar-refractivity contribution in [2.45, 2.75) is 58.3 Å². The van der Waals surface area contributed by atoms with Crippen LogP contribution in [0, 0.1) is 12.8 Å². The molecule has 0 fully saturated rings. The molecule has 0 spiro atoms. The fourth-order valence-corrected chi connectivity index (χ4v) is 4.63. The Bertz CT molecular complexity index is 806. The van der Waals surface area contributed by atoms with Gasteiger partial charge in [-0.1, -0.05) is 50.6 Å². The van der Waals surface area contributed by atoms with Crippen LogP contribution >= 0.6 is 0 Å². The summed E-state index contributed by atoms with van der Waals surface area (Å²) >= 11 is 0. The zero-order valence-corrected chi connectivity index (χ0v) is 16.4. The van der Waals surface area contributed by atoms with E-state index in [1.807, 2.05) is 12.1 Å². The molecule has 138 valence electrons. The first-order chi connectivity index (χ1) is 12.5. The minimum Gasteiger partial charge on any atom is -0.397 e. The third-order valence-corrected chi connectivity index (χ3v) is 6.28. The molecule has 0 radical (unpaired) electrons. The summed E-state index contributed by atoms with van der Waals surface area (Å²) in [6, 6.07) is 11.2. The Balaban J connectivity index is 2.01. The van der Waals surface area contributed by atoms with Crippen molar-refractivity contribution in [3.63, 3.8) is 0 Å². The van der Waals surface area contributed by atoms with Crippen LogP contribution < -0.4 is 11.5 Å². The van der Waals surface area contributed by atoms with Gasteiger partial charge in [0.05, 0.1) is 11.4 Å². The maximum atomic E-state index is 6.21. The highest BCUT2D eigenvalue weighted by Gasteiger charge is 2.29. The van der Waals surface area contributed by atoms with E-state index in [4.69, 9.17) is 11.5 Å². The molecule has 0 aromatic heterocycles. The van der Waals surface area contributed by atoms with Gasteiger partial charge < -0.3 is 11.5 Å². The summed E-state index contributed by atoms with van der Waals surface area (Å²) in [5.41, 5.74) is 20.3. The summed E-state index contributed by atoms with van der Waals surface area (Å²) in [5.74, 6) is 1.71. The standard InChI is InChI=1S/C24H32N2/c1-5-7-17-13-18-9-10-19(14-22(18)15(17)3)21(8-6-2)20-11-12-23(25)24(26)16(20)4/h6,9-12,14-15,17,21H,2,5,7-8,13,25-26H2,1,3-4H3. The van der Waals surface area contributed by atoms with Crippen LogP contribution in [-0.2, 0) is 6.42 Å². The van der Waals surface area contributed by atoms with Gasteiger partial charge in [0.15, 0.2) is 0 Å². The molecule has 2 aromatic rings. The molecule has 0 amide bonds. The SMILES string of the molecule is C=CCC(c1ccc2c(c1)C(C)C(CCC)C2)c1ccc(N)c(N)c1C. The van der Waals surface area contributed by atoms with Gasteiger partial charge in [-0.25, -0.2) is 0 Å². The van der Waals surface area contributed by atoms with Gasteiger partial charge in [-0.05, 0) is 71.9 Å². The summed E-state index contributed by atoms with van der Waals surface area (Å²) in [4.78, 5) is 0. The van der Waals surface area contributed by atoms with Crippen LogP contribution in [0.5, 0.6) is 0 Å². The Morgan fingerprint density at radius 3 is 2.69 bits per heavy atom. The summed E-state index contributed by atoms with van der Waals surface area (Å²) in [6.07, 6.45) is 6.71. The Labute approximate surface area is 158 Å². The van der Waals surface area contributed by atoms with Crippen LogP contribution in [0.25, 0.3) is 0 Å². The molecule has 1 aliphatic rings. The predicted octanol–water partition coefficient (Wildman–Crippen LogP) is 5.94. The molecule has 0 saturated heterocycles. The number of anilines is 2. The Kier molecular flexibility index (Phi) is 5.41. The second-order valence-electron chi connectivity index (χ2n) is 7.86. The van der Waals surface area contributed by atoms with Crippen LogP contribution in [0.4, 0.5) is 11.4 Å². The van der Waals surface area contributed by atoms with Crippen molar-refractivity contribution in [1.82, 2.24) is 0 Å². The van der Waals surface area contributed by atoms with E-state index in [1.54, 1.807) is 0 Å². The second-order valence-corrected chi connectivity index (χ2v) is 7.86. The van der Waals surface area contributed by atoms with Gasteiger partial charge in [0.2, 0.25) is 0 Å². The molecule has 0 saturated carbocycles. The summed E-state index contributed by atoms with van der Waals surface area (Å²) < 4.78 is 0. The van der Waals surface area contributed by atoms with Crippen molar-refractivity contribution < 1.29 is 0 Å². The van der Waals surface area contributed by atoms with Gasteiger partial charge in [0, 0.05) is 5.92 Å². The van der Waals surface area contributed by atoms with E-state index >= 15 is 0 Å². The largest absolute Gasteiger partial charge is 0.397 e. The lowest BCUT2D eigenvalue weighted by Crippen LogP contribution is -2.07. The molecule has 2 aromatic carbocycles. The van der Waals surface area contributed by atoms with Gasteiger partial charge in [-0.15, -0.1) is 6.58 Å². The van der Waals surface area contributed by atoms with Crippen LogP contribution in [-0.4, -0.2) is 0 Å². The van der Waals surface area contributed by atoms with Gasteiger partial charge in [0.1, 0.15) is 0 Å². The molecule has 2 heteroatoms. The normalized spacial score (nSPS) is 20.0. The minimum atomic E-state index is 0.276. The smallest absolute Gasteiger partial charge is 0.0580 e. The average molecular weight is 349 g/mol. The Morgan fingerprint density at radius 1 is 1.23 bits per heavy atom. The fraction of sp³-hybridized carbons (Fsp3) is 0.417. The van der Waals surface area contributed by atoms with Gasteiger partial charge in [0.25, 0.3) is 0 Å². The zero-order valence-electron chi connectivity index (χ0n) is 16.4. The molecule has 0 bridgehead atoms. The van der Waals surface area contributed by atoms with Crippen LogP contribution in [0.3, 0.4) is 0 Å². The third-order valence-electron chi connectivity index (χ3n) is 6.28. The Morgan fingerprint density at radius 2 is 2.00 bits per heavy atom. The monoisotopic (exact) mass is 348 g/mol. The number of allylic oxidation sites excluding steroid dienone is 1. The van der Waals surface area contributed by atoms with Gasteiger partial charge in [-0.3, -0.25) is 0 Å². The summed E-state index contributed by atoms with van der Waals surface area (Å²) in [7, 11) is 0. The lowest BCUT2D eigenvalue weighted by atomic mass is 9.83. The molecule has 3 rings (SSSR count). The number of rotatable bonds is 6. The molecule has 2 nitrogen and oxygen atoms in total. The number of nitrogens with two attached hydrogens (primary N) is 2. The van der Waals surface area contributed by atoms with E-state index in [0.717, 1.165) is 17.9 Å². The predicted molar refractivity (Wildman–Crippen MR) is 114 cm³/mol. The van der Waals surface area contributed by atoms with E-state index < -0.39 is 0 Å². The first kappa shape index (κ1) is 18.6. The fourth-order valence-electron chi connectivity index (χ4n) is 4.63. The lowest BCUT2D eigenvalue weighted by molar-refractivity contribution is 0.442. The number of fused-ring (bicyclic) bond motifs is 1. The van der Waals surface area contributed by atoms with Crippen molar-refractivity contribution in [1.29, 1.82) is 0 Å². The van der Waals surface area contributed by atoms with Crippen LogP contribution in [0.1, 0.15) is 72.8 Å². The molecular formula is C24H32N2. The van der Waals surface area contributed by atoms with Gasteiger partial charge >= 0.3 is 0 Å². The van der Waals surface area contributed by atoms with Gasteiger partial charge in [-0.2, -0.15) is 0 Å². The number of hydrogen-bond acceptors (Lipinski definition) is 2. The quantitative estimate of drug-likeness (QED) is 0.501. The highest BCUT2D eigenvalue weighted by Crippen LogP contribution is 2.43. The average Bonchev–Trinajstić information content (AvgIpc) is 2.94. The van der Waals surface area contributed by atoms with Crippen molar-refractivity contribution in [2.75, 3.05) is 11.5 Å². The van der Waals surface area contributed by atoms with E-state index in [2.05, 4.69) is 51.6 Å². The minimum absolute atomic E-state index is 0.276. The molecule has 26 heavy (non-hydrogen) atoms. The molecule has 3 unspecified atom stereocenters.